The van der Waals surface area contributed by atoms with Gasteiger partial charge in [-0.25, -0.2) is 4.98 Å². The summed E-state index contributed by atoms with van der Waals surface area (Å²) in [7, 11) is 3.27. The van der Waals surface area contributed by atoms with Crippen molar-refractivity contribution in [3.63, 3.8) is 0 Å². The van der Waals surface area contributed by atoms with E-state index in [-0.39, 0.29) is 12.5 Å². The molecule has 1 unspecified atom stereocenters. The number of aromatic nitrogens is 1. The number of nitrogens with zero attached hydrogens (tertiary/aromatic N) is 1. The Kier molecular flexibility index (Phi) is 9.20. The topological polar surface area (TPSA) is 69.7 Å². The Hall–Kier alpha value is -4.52. The quantitative estimate of drug-likeness (QED) is 0.181. The molecule has 0 aliphatic heterocycles. The van der Waals surface area contributed by atoms with Crippen LogP contribution in [0.3, 0.4) is 0 Å². The highest BCUT2D eigenvalue weighted by Gasteiger charge is 2.28. The van der Waals surface area contributed by atoms with Crippen molar-refractivity contribution in [3.8, 4) is 23.0 Å². The number of aryl methyl sites for hydroxylation is 1. The van der Waals surface area contributed by atoms with E-state index in [1.165, 1.54) is 0 Å². The summed E-state index contributed by atoms with van der Waals surface area (Å²) in [4.78, 5) is 19.3. The van der Waals surface area contributed by atoms with Gasteiger partial charge in [0, 0.05) is 33.1 Å². The van der Waals surface area contributed by atoms with Crippen molar-refractivity contribution in [2.24, 2.45) is 5.92 Å². The van der Waals surface area contributed by atoms with E-state index in [4.69, 9.17) is 42.4 Å². The molecule has 0 spiro atoms. The third-order valence-electron chi connectivity index (χ3n) is 8.23. The number of benzene rings is 4. The third-order valence-corrected chi connectivity index (χ3v) is 8.89. The Bertz CT molecular complexity index is 1990. The maximum Gasteiger partial charge on any atom is 0.252 e. The Morgan fingerprint density at radius 1 is 0.957 bits per heavy atom. The van der Waals surface area contributed by atoms with Gasteiger partial charge in [0.15, 0.2) is 11.5 Å². The summed E-state index contributed by atoms with van der Waals surface area (Å²) < 4.78 is 17.5. The van der Waals surface area contributed by atoms with Crippen LogP contribution in [0.4, 0.5) is 0 Å². The summed E-state index contributed by atoms with van der Waals surface area (Å²) in [5.41, 5.74) is 6.80. The average Bonchev–Trinajstić information content (AvgIpc) is 3.05. The van der Waals surface area contributed by atoms with Crippen LogP contribution in [0.15, 0.2) is 78.9 Å². The lowest BCUT2D eigenvalue weighted by Gasteiger charge is -2.27. The summed E-state index contributed by atoms with van der Waals surface area (Å²) in [5.74, 6) is 2.62. The van der Waals surface area contributed by atoms with E-state index in [1.54, 1.807) is 38.5 Å². The van der Waals surface area contributed by atoms with E-state index in [9.17, 15) is 4.79 Å². The second kappa shape index (κ2) is 13.5. The fourth-order valence-corrected chi connectivity index (χ4v) is 6.33. The van der Waals surface area contributed by atoms with Gasteiger partial charge in [0.1, 0.15) is 11.5 Å². The van der Waals surface area contributed by atoms with Gasteiger partial charge in [-0.15, -0.1) is 0 Å². The number of amides is 1. The standard InChI is InChI=1S/C38H34Cl2N2O4/c1-22-16-26(19-24-8-7-11-33(44-3)37(24)45-4)36-30(17-22)35(29-9-5-6-10-32(29)42-36)38(43)41-21-25-12-13-27(39)20-34(25)46-28-14-15-31(40)23(2)18-28/h5-15,18-20,22H,16-17,21H2,1-4H3,(H,41,43)/b26-19+. The first-order chi connectivity index (χ1) is 22.2. The molecule has 1 heterocycles. The summed E-state index contributed by atoms with van der Waals surface area (Å²) in [5, 5.41) is 5.18. The molecule has 4 aromatic carbocycles. The van der Waals surface area contributed by atoms with E-state index < -0.39 is 0 Å². The summed E-state index contributed by atoms with van der Waals surface area (Å²) in [6, 6.07) is 24.5. The van der Waals surface area contributed by atoms with Gasteiger partial charge in [-0.3, -0.25) is 4.79 Å². The predicted octanol–water partition coefficient (Wildman–Crippen LogP) is 9.71. The molecule has 5 aromatic rings. The van der Waals surface area contributed by atoms with Gasteiger partial charge in [-0.1, -0.05) is 66.5 Å². The fraction of sp³-hybridized carbons (Fsp3) is 0.211. The highest BCUT2D eigenvalue weighted by atomic mass is 35.5. The minimum Gasteiger partial charge on any atom is -0.493 e. The van der Waals surface area contributed by atoms with E-state index in [0.717, 1.165) is 57.3 Å². The molecule has 1 aliphatic rings. The maximum atomic E-state index is 14.2. The molecule has 1 atom stereocenters. The van der Waals surface area contributed by atoms with E-state index >= 15 is 0 Å². The zero-order valence-electron chi connectivity index (χ0n) is 26.1. The number of hydrogen-bond acceptors (Lipinski definition) is 5. The lowest BCUT2D eigenvalue weighted by atomic mass is 9.80. The molecule has 6 nitrogen and oxygen atoms in total. The minimum absolute atomic E-state index is 0.175. The molecule has 1 N–H and O–H groups in total. The molecule has 0 fully saturated rings. The smallest absolute Gasteiger partial charge is 0.252 e. The first-order valence-corrected chi connectivity index (χ1v) is 15.9. The monoisotopic (exact) mass is 652 g/mol. The third kappa shape index (κ3) is 6.41. The first-order valence-electron chi connectivity index (χ1n) is 15.1. The van der Waals surface area contributed by atoms with E-state index in [2.05, 4.69) is 18.3 Å². The van der Waals surface area contributed by atoms with Crippen molar-refractivity contribution in [1.82, 2.24) is 10.3 Å². The molecule has 1 aliphatic carbocycles. The largest absolute Gasteiger partial charge is 0.493 e. The molecular formula is C38H34Cl2N2O4. The number of rotatable bonds is 8. The van der Waals surface area contributed by atoms with Crippen molar-refractivity contribution < 1.29 is 19.0 Å². The maximum absolute atomic E-state index is 14.2. The van der Waals surface area contributed by atoms with Crippen LogP contribution in [0.2, 0.25) is 10.0 Å². The number of nitrogens with one attached hydrogen (secondary N) is 1. The highest BCUT2D eigenvalue weighted by molar-refractivity contribution is 6.31. The Morgan fingerprint density at radius 3 is 2.57 bits per heavy atom. The van der Waals surface area contributed by atoms with Gasteiger partial charge < -0.3 is 19.5 Å². The molecular weight excluding hydrogens is 619 g/mol. The summed E-state index contributed by atoms with van der Waals surface area (Å²) >= 11 is 12.6. The number of allylic oxidation sites excluding steroid dienone is 1. The summed E-state index contributed by atoms with van der Waals surface area (Å²) in [6.45, 7) is 4.36. The number of carbonyl (C=O) groups excluding carboxylic acids is 1. The van der Waals surface area contributed by atoms with Crippen LogP contribution in [0.25, 0.3) is 22.6 Å². The average molecular weight is 654 g/mol. The summed E-state index contributed by atoms with van der Waals surface area (Å²) in [6.07, 6.45) is 3.65. The zero-order chi connectivity index (χ0) is 32.4. The molecule has 8 heteroatoms. The second-order valence-corrected chi connectivity index (χ2v) is 12.4. The van der Waals surface area contributed by atoms with Gasteiger partial charge in [0.05, 0.1) is 31.0 Å². The van der Waals surface area contributed by atoms with Crippen LogP contribution in [0.5, 0.6) is 23.0 Å². The molecule has 0 radical (unpaired) electrons. The molecule has 0 bridgehead atoms. The van der Waals surface area contributed by atoms with Crippen LogP contribution in [-0.2, 0) is 13.0 Å². The first kappa shape index (κ1) is 31.5. The zero-order valence-corrected chi connectivity index (χ0v) is 27.6. The SMILES string of the molecule is COc1cccc(/C=C2\CC(C)Cc3c2nc2ccccc2c3C(=O)NCc2ccc(Cl)cc2Oc2ccc(Cl)c(C)c2)c1OC. The van der Waals surface area contributed by atoms with E-state index in [1.807, 2.05) is 61.5 Å². The second-order valence-electron chi connectivity index (χ2n) is 11.5. The molecule has 1 amide bonds. The number of fused-ring (bicyclic) bond motifs is 2. The molecule has 46 heavy (non-hydrogen) atoms. The Balaban J connectivity index is 1.38. The van der Waals surface area contributed by atoms with Gasteiger partial charge in [-0.2, -0.15) is 0 Å². The normalized spacial score (nSPS) is 15.0. The van der Waals surface area contributed by atoms with Gasteiger partial charge in [0.2, 0.25) is 0 Å². The molecule has 0 saturated carbocycles. The number of hydrogen-bond donors (Lipinski definition) is 1. The predicted molar refractivity (Wildman–Crippen MR) is 186 cm³/mol. The lowest BCUT2D eigenvalue weighted by molar-refractivity contribution is 0.0951. The van der Waals surface area contributed by atoms with Crippen molar-refractivity contribution >= 4 is 51.7 Å². The molecule has 0 saturated heterocycles. The van der Waals surface area contributed by atoms with Gasteiger partial charge >= 0.3 is 0 Å². The highest BCUT2D eigenvalue weighted by Crippen LogP contribution is 2.41. The van der Waals surface area contributed by atoms with Gasteiger partial charge in [0.25, 0.3) is 5.91 Å². The van der Waals surface area contributed by atoms with Crippen molar-refractivity contribution in [3.05, 3.63) is 122 Å². The van der Waals surface area contributed by atoms with Crippen LogP contribution in [0.1, 0.15) is 51.7 Å². The van der Waals surface area contributed by atoms with Gasteiger partial charge in [-0.05, 0) is 90.9 Å². The van der Waals surface area contributed by atoms with Crippen LogP contribution in [0, 0.1) is 12.8 Å². The Labute approximate surface area is 278 Å². The van der Waals surface area contributed by atoms with Crippen molar-refractivity contribution in [1.29, 1.82) is 0 Å². The number of pyridine rings is 1. The van der Waals surface area contributed by atoms with Crippen molar-refractivity contribution in [2.75, 3.05) is 14.2 Å². The lowest BCUT2D eigenvalue weighted by Crippen LogP contribution is -2.27. The number of halogens is 2. The number of para-hydroxylation sites is 2. The molecule has 234 valence electrons. The van der Waals surface area contributed by atoms with Crippen LogP contribution in [-0.4, -0.2) is 25.1 Å². The molecule has 1 aromatic heterocycles. The number of methoxy groups -OCH3 is 2. The fourth-order valence-electron chi connectivity index (χ4n) is 6.05. The number of carbonyl (C=O) groups is 1. The van der Waals surface area contributed by atoms with Crippen LogP contribution >= 0.6 is 23.2 Å². The minimum atomic E-state index is -0.175. The van der Waals surface area contributed by atoms with Crippen LogP contribution < -0.4 is 19.5 Å². The molecule has 6 rings (SSSR count). The van der Waals surface area contributed by atoms with Crippen molar-refractivity contribution in [2.45, 2.75) is 33.2 Å². The number of ether oxygens (including phenoxy) is 3. The van der Waals surface area contributed by atoms with E-state index in [0.29, 0.717) is 44.5 Å². The Morgan fingerprint density at radius 2 is 1.78 bits per heavy atom.